The van der Waals surface area contributed by atoms with Gasteiger partial charge in [-0.15, -0.1) is 0 Å². The van der Waals surface area contributed by atoms with Crippen molar-refractivity contribution in [3.63, 3.8) is 0 Å². The van der Waals surface area contributed by atoms with Gasteiger partial charge in [0.05, 0.1) is 30.7 Å². The van der Waals surface area contributed by atoms with E-state index in [2.05, 4.69) is 20.9 Å². The van der Waals surface area contributed by atoms with Crippen LogP contribution in [-0.4, -0.2) is 46.3 Å². The second kappa shape index (κ2) is 7.14. The Labute approximate surface area is 162 Å². The van der Waals surface area contributed by atoms with E-state index in [9.17, 15) is 5.11 Å². The van der Waals surface area contributed by atoms with E-state index in [0.717, 1.165) is 66.3 Å². The van der Waals surface area contributed by atoms with Crippen LogP contribution < -0.4 is 0 Å². The first-order chi connectivity index (χ1) is 13.8. The van der Waals surface area contributed by atoms with E-state index in [0.29, 0.717) is 5.56 Å². The Morgan fingerprint density at radius 2 is 2.00 bits per heavy atom. The minimum Gasteiger partial charge on any atom is -0.494 e. The van der Waals surface area contributed by atoms with E-state index in [1.54, 1.807) is 6.26 Å². The molecule has 0 radical (unpaired) electrons. The van der Waals surface area contributed by atoms with Gasteiger partial charge in [-0.3, -0.25) is 9.88 Å². The zero-order valence-electron chi connectivity index (χ0n) is 15.4. The standard InChI is InChI=1S/C22H21N3O3/c26-22-21(17-12-16(4-6-18(17)24-22)20-2-1-9-28-20)19-5-3-15(13-23-19)14-25-7-10-27-11-8-25/h1-6,9,12-13,24,26H,7-8,10-11,14H2. The van der Waals surface area contributed by atoms with Gasteiger partial charge in [-0.05, 0) is 42.0 Å². The summed E-state index contributed by atoms with van der Waals surface area (Å²) in [6.07, 6.45) is 3.54. The van der Waals surface area contributed by atoms with E-state index < -0.39 is 0 Å². The second-order valence-corrected chi connectivity index (χ2v) is 7.03. The normalized spacial score (nSPS) is 15.3. The van der Waals surface area contributed by atoms with Crippen molar-refractivity contribution < 1.29 is 14.3 Å². The van der Waals surface area contributed by atoms with Crippen LogP contribution in [0.1, 0.15) is 5.56 Å². The molecule has 3 aromatic heterocycles. The van der Waals surface area contributed by atoms with Crippen LogP contribution in [-0.2, 0) is 11.3 Å². The summed E-state index contributed by atoms with van der Waals surface area (Å²) in [7, 11) is 0. The monoisotopic (exact) mass is 375 g/mol. The minimum absolute atomic E-state index is 0.125. The molecule has 6 nitrogen and oxygen atoms in total. The van der Waals surface area contributed by atoms with Crippen molar-refractivity contribution in [2.45, 2.75) is 6.54 Å². The molecule has 0 saturated carbocycles. The van der Waals surface area contributed by atoms with E-state index in [1.807, 2.05) is 42.6 Å². The predicted molar refractivity (Wildman–Crippen MR) is 107 cm³/mol. The van der Waals surface area contributed by atoms with Gasteiger partial charge in [-0.1, -0.05) is 6.07 Å². The van der Waals surface area contributed by atoms with Crippen molar-refractivity contribution in [3.8, 4) is 28.5 Å². The van der Waals surface area contributed by atoms with Gasteiger partial charge in [0.2, 0.25) is 0 Å². The van der Waals surface area contributed by atoms with Crippen LogP contribution in [0.15, 0.2) is 59.3 Å². The van der Waals surface area contributed by atoms with Crippen LogP contribution in [0.3, 0.4) is 0 Å². The highest BCUT2D eigenvalue weighted by Gasteiger charge is 2.16. The van der Waals surface area contributed by atoms with Crippen LogP contribution in [0, 0.1) is 0 Å². The fourth-order valence-corrected chi connectivity index (χ4v) is 3.72. The lowest BCUT2D eigenvalue weighted by molar-refractivity contribution is 0.0341. The topological polar surface area (TPSA) is 74.5 Å². The van der Waals surface area contributed by atoms with Crippen LogP contribution in [0.4, 0.5) is 0 Å². The molecule has 4 aromatic rings. The Bertz CT molecular complexity index is 1080. The summed E-state index contributed by atoms with van der Waals surface area (Å²) in [6, 6.07) is 13.8. The van der Waals surface area contributed by atoms with Gasteiger partial charge < -0.3 is 19.2 Å². The van der Waals surface area contributed by atoms with Crippen molar-refractivity contribution in [1.82, 2.24) is 14.9 Å². The molecule has 0 unspecified atom stereocenters. The predicted octanol–water partition coefficient (Wildman–Crippen LogP) is 4.03. The number of morpholine rings is 1. The highest BCUT2D eigenvalue weighted by molar-refractivity contribution is 5.99. The molecule has 6 heteroatoms. The maximum Gasteiger partial charge on any atom is 0.199 e. The molecule has 28 heavy (non-hydrogen) atoms. The van der Waals surface area contributed by atoms with E-state index in [1.165, 1.54) is 0 Å². The number of hydrogen-bond acceptors (Lipinski definition) is 5. The van der Waals surface area contributed by atoms with Gasteiger partial charge in [0.25, 0.3) is 0 Å². The summed E-state index contributed by atoms with van der Waals surface area (Å²) in [5.41, 5.74) is 4.43. The van der Waals surface area contributed by atoms with Gasteiger partial charge in [0.1, 0.15) is 5.76 Å². The molecule has 4 heterocycles. The fourth-order valence-electron chi connectivity index (χ4n) is 3.72. The number of ether oxygens (including phenoxy) is 1. The third kappa shape index (κ3) is 3.17. The summed E-state index contributed by atoms with van der Waals surface area (Å²) in [5, 5.41) is 11.4. The number of aromatic hydroxyl groups is 1. The summed E-state index contributed by atoms with van der Waals surface area (Å²) >= 11 is 0. The summed E-state index contributed by atoms with van der Waals surface area (Å²) in [6.45, 7) is 4.32. The van der Waals surface area contributed by atoms with Gasteiger partial charge in [-0.25, -0.2) is 0 Å². The third-order valence-electron chi connectivity index (χ3n) is 5.18. The molecule has 0 amide bonds. The zero-order chi connectivity index (χ0) is 18.9. The summed E-state index contributed by atoms with van der Waals surface area (Å²) in [5.74, 6) is 0.919. The molecule has 142 valence electrons. The number of furan rings is 1. The number of H-pyrrole nitrogens is 1. The van der Waals surface area contributed by atoms with E-state index in [-0.39, 0.29) is 5.88 Å². The number of nitrogens with zero attached hydrogens (tertiary/aromatic N) is 2. The van der Waals surface area contributed by atoms with Crippen LogP contribution in [0.5, 0.6) is 5.88 Å². The van der Waals surface area contributed by atoms with Crippen LogP contribution in [0.2, 0.25) is 0 Å². The molecule has 1 aromatic carbocycles. The molecule has 0 aliphatic carbocycles. The number of nitrogens with one attached hydrogen (secondary N) is 1. The maximum atomic E-state index is 10.5. The minimum atomic E-state index is 0.125. The Kier molecular flexibility index (Phi) is 4.35. The van der Waals surface area contributed by atoms with Crippen molar-refractivity contribution in [3.05, 3.63) is 60.5 Å². The molecular formula is C22H21N3O3. The molecule has 1 aliphatic heterocycles. The maximum absolute atomic E-state index is 10.5. The highest BCUT2D eigenvalue weighted by atomic mass is 16.5. The number of aromatic amines is 1. The SMILES string of the molecule is Oc1[nH]c2ccc(-c3ccco3)cc2c1-c1ccc(CN2CCOCC2)cn1. The summed E-state index contributed by atoms with van der Waals surface area (Å²) in [4.78, 5) is 10.0. The molecular weight excluding hydrogens is 354 g/mol. The molecule has 1 aliphatic rings. The Hall–Kier alpha value is -3.09. The third-order valence-corrected chi connectivity index (χ3v) is 5.18. The Morgan fingerprint density at radius 3 is 2.75 bits per heavy atom. The summed E-state index contributed by atoms with van der Waals surface area (Å²) < 4.78 is 10.9. The fraction of sp³-hybridized carbons (Fsp3) is 0.227. The van der Waals surface area contributed by atoms with E-state index >= 15 is 0 Å². The molecule has 5 rings (SSSR count). The van der Waals surface area contributed by atoms with Crippen molar-refractivity contribution >= 4 is 10.9 Å². The average Bonchev–Trinajstić information content (AvgIpc) is 3.36. The van der Waals surface area contributed by atoms with Gasteiger partial charge in [-0.2, -0.15) is 0 Å². The van der Waals surface area contributed by atoms with Crippen LogP contribution >= 0.6 is 0 Å². The van der Waals surface area contributed by atoms with Crippen molar-refractivity contribution in [2.75, 3.05) is 26.3 Å². The smallest absolute Gasteiger partial charge is 0.199 e. The highest BCUT2D eigenvalue weighted by Crippen LogP contribution is 2.37. The van der Waals surface area contributed by atoms with Crippen LogP contribution in [0.25, 0.3) is 33.5 Å². The molecule has 0 bridgehead atoms. The first-order valence-electron chi connectivity index (χ1n) is 9.42. The van der Waals surface area contributed by atoms with Crippen molar-refractivity contribution in [1.29, 1.82) is 0 Å². The molecule has 0 atom stereocenters. The lowest BCUT2D eigenvalue weighted by Crippen LogP contribution is -2.35. The lowest BCUT2D eigenvalue weighted by Gasteiger charge is -2.26. The average molecular weight is 375 g/mol. The van der Waals surface area contributed by atoms with Gasteiger partial charge in [0, 0.05) is 42.3 Å². The number of pyridine rings is 1. The molecule has 2 N–H and O–H groups in total. The first-order valence-corrected chi connectivity index (χ1v) is 9.42. The first kappa shape index (κ1) is 17.0. The van der Waals surface area contributed by atoms with E-state index in [4.69, 9.17) is 9.15 Å². The number of fused-ring (bicyclic) bond motifs is 1. The van der Waals surface area contributed by atoms with Crippen molar-refractivity contribution in [2.24, 2.45) is 0 Å². The lowest BCUT2D eigenvalue weighted by atomic mass is 10.0. The number of rotatable bonds is 4. The molecule has 0 spiro atoms. The number of benzene rings is 1. The molecule has 1 saturated heterocycles. The second-order valence-electron chi connectivity index (χ2n) is 7.03. The number of hydrogen-bond donors (Lipinski definition) is 2. The quantitative estimate of drug-likeness (QED) is 0.563. The Balaban J connectivity index is 1.48. The van der Waals surface area contributed by atoms with Gasteiger partial charge in [0.15, 0.2) is 5.88 Å². The Morgan fingerprint density at radius 1 is 1.11 bits per heavy atom. The largest absolute Gasteiger partial charge is 0.494 e. The molecule has 1 fully saturated rings. The number of aromatic nitrogens is 2. The zero-order valence-corrected chi connectivity index (χ0v) is 15.4. The van der Waals surface area contributed by atoms with Gasteiger partial charge >= 0.3 is 0 Å².